The van der Waals surface area contributed by atoms with Crippen LogP contribution in [0.25, 0.3) is 11.5 Å². The molecule has 0 unspecified atom stereocenters. The monoisotopic (exact) mass is 310 g/mol. The number of hydrogen-bond donors (Lipinski definition) is 0. The summed E-state index contributed by atoms with van der Waals surface area (Å²) in [5, 5.41) is 8.57. The zero-order valence-corrected chi connectivity index (χ0v) is 11.7. The fourth-order valence-electron chi connectivity index (χ4n) is 1.16. The van der Waals surface area contributed by atoms with Gasteiger partial charge in [0.25, 0.3) is 5.22 Å². The van der Waals surface area contributed by atoms with E-state index in [2.05, 4.69) is 32.7 Å². The predicted molar refractivity (Wildman–Crippen MR) is 73.0 cm³/mol. The topological polar surface area (TPSA) is 38.9 Å². The van der Waals surface area contributed by atoms with Gasteiger partial charge in [0.1, 0.15) is 0 Å². The van der Waals surface area contributed by atoms with Crippen molar-refractivity contribution in [2.75, 3.05) is 5.75 Å². The third-order valence-electron chi connectivity index (χ3n) is 1.94. The minimum absolute atomic E-state index is 0.543. The first kappa shape index (κ1) is 12.4. The first-order chi connectivity index (χ1) is 8.15. The summed E-state index contributed by atoms with van der Waals surface area (Å²) < 4.78 is 6.57. The summed E-state index contributed by atoms with van der Waals surface area (Å²) in [5.41, 5.74) is 2.00. The summed E-state index contributed by atoms with van der Waals surface area (Å²) >= 11 is 4.88. The van der Waals surface area contributed by atoms with E-state index in [1.807, 2.05) is 31.2 Å². The highest BCUT2D eigenvalue weighted by Gasteiger charge is 2.08. The molecule has 0 radical (unpaired) electrons. The lowest BCUT2D eigenvalue weighted by molar-refractivity contribution is 0.466. The highest BCUT2D eigenvalue weighted by Crippen LogP contribution is 2.25. The first-order valence-electron chi connectivity index (χ1n) is 5.02. The molecule has 0 atom stereocenters. The Hall–Kier alpha value is -1.07. The van der Waals surface area contributed by atoms with E-state index >= 15 is 0 Å². The van der Waals surface area contributed by atoms with Crippen LogP contribution in [0.4, 0.5) is 0 Å². The molecule has 1 heterocycles. The number of halogens is 1. The summed E-state index contributed by atoms with van der Waals surface area (Å²) in [6.07, 6.45) is 0. The Bertz CT molecular complexity index is 522. The molecule has 0 N–H and O–H groups in total. The van der Waals surface area contributed by atoms with E-state index in [-0.39, 0.29) is 0 Å². The van der Waals surface area contributed by atoms with Gasteiger partial charge >= 0.3 is 0 Å². The average Bonchev–Trinajstić information content (AvgIpc) is 2.76. The molecule has 17 heavy (non-hydrogen) atoms. The third-order valence-corrected chi connectivity index (χ3v) is 3.52. The zero-order valence-electron chi connectivity index (χ0n) is 9.31. The molecule has 0 amide bonds. The molecule has 5 heteroatoms. The van der Waals surface area contributed by atoms with Gasteiger partial charge in [0, 0.05) is 15.8 Å². The smallest absolute Gasteiger partial charge is 0.277 e. The molecule has 2 rings (SSSR count). The molecule has 1 aromatic heterocycles. The standard InChI is InChI=1S/C12H11BrN2OS/c1-8(2)7-17-12-15-14-11(16-12)9-3-5-10(13)6-4-9/h3-6H,1,7H2,2H3. The van der Waals surface area contributed by atoms with E-state index in [0.29, 0.717) is 11.1 Å². The highest BCUT2D eigenvalue weighted by molar-refractivity contribution is 9.10. The molecular formula is C12H11BrN2OS. The van der Waals surface area contributed by atoms with Crippen molar-refractivity contribution in [3.05, 3.63) is 40.9 Å². The highest BCUT2D eigenvalue weighted by atomic mass is 79.9. The molecule has 0 saturated heterocycles. The maximum atomic E-state index is 5.54. The van der Waals surface area contributed by atoms with Gasteiger partial charge in [-0.3, -0.25) is 0 Å². The van der Waals surface area contributed by atoms with Crippen molar-refractivity contribution >= 4 is 27.7 Å². The van der Waals surface area contributed by atoms with Crippen LogP contribution < -0.4 is 0 Å². The van der Waals surface area contributed by atoms with E-state index in [0.717, 1.165) is 21.4 Å². The molecule has 0 aliphatic heterocycles. The van der Waals surface area contributed by atoms with Crippen molar-refractivity contribution in [1.82, 2.24) is 10.2 Å². The van der Waals surface area contributed by atoms with Crippen molar-refractivity contribution < 1.29 is 4.42 Å². The van der Waals surface area contributed by atoms with Crippen LogP contribution in [0.5, 0.6) is 0 Å². The first-order valence-corrected chi connectivity index (χ1v) is 6.79. The predicted octanol–water partition coefficient (Wildman–Crippen LogP) is 4.17. The summed E-state index contributed by atoms with van der Waals surface area (Å²) in [6.45, 7) is 5.80. The average molecular weight is 311 g/mol. The third kappa shape index (κ3) is 3.44. The molecule has 3 nitrogen and oxygen atoms in total. The van der Waals surface area contributed by atoms with Crippen LogP contribution in [0.1, 0.15) is 6.92 Å². The SMILES string of the molecule is C=C(C)CSc1nnc(-c2ccc(Br)cc2)o1. The van der Waals surface area contributed by atoms with Crippen LogP contribution in [0.3, 0.4) is 0 Å². The fourth-order valence-corrected chi connectivity index (χ4v) is 2.03. The van der Waals surface area contributed by atoms with Crippen molar-refractivity contribution in [1.29, 1.82) is 0 Å². The molecule has 0 aliphatic carbocycles. The van der Waals surface area contributed by atoms with Crippen LogP contribution in [-0.4, -0.2) is 16.0 Å². The Morgan fingerprint density at radius 2 is 2.06 bits per heavy atom. The fraction of sp³-hybridized carbons (Fsp3) is 0.167. The quantitative estimate of drug-likeness (QED) is 0.627. The molecule has 0 aliphatic rings. The second kappa shape index (κ2) is 5.51. The molecule has 2 aromatic rings. The van der Waals surface area contributed by atoms with Gasteiger partial charge in [-0.25, -0.2) is 0 Å². The normalized spacial score (nSPS) is 10.5. The summed E-state index contributed by atoms with van der Waals surface area (Å²) in [5.74, 6) is 1.34. The zero-order chi connectivity index (χ0) is 12.3. The molecular weight excluding hydrogens is 300 g/mol. The van der Waals surface area contributed by atoms with Gasteiger partial charge in [0.2, 0.25) is 5.89 Å². The van der Waals surface area contributed by atoms with Crippen molar-refractivity contribution in [3.63, 3.8) is 0 Å². The Kier molecular flexibility index (Phi) is 4.02. The van der Waals surface area contributed by atoms with Gasteiger partial charge in [-0.15, -0.1) is 10.2 Å². The largest absolute Gasteiger partial charge is 0.411 e. The number of rotatable bonds is 4. The number of benzene rings is 1. The molecule has 88 valence electrons. The lowest BCUT2D eigenvalue weighted by Gasteiger charge is -1.95. The van der Waals surface area contributed by atoms with Crippen molar-refractivity contribution in [3.8, 4) is 11.5 Å². The minimum atomic E-state index is 0.543. The maximum absolute atomic E-state index is 5.54. The minimum Gasteiger partial charge on any atom is -0.411 e. The summed E-state index contributed by atoms with van der Waals surface area (Å²) in [6, 6.07) is 7.76. The van der Waals surface area contributed by atoms with Crippen LogP contribution in [-0.2, 0) is 0 Å². The molecule has 0 spiro atoms. The van der Waals surface area contributed by atoms with Crippen LogP contribution in [0.2, 0.25) is 0 Å². The maximum Gasteiger partial charge on any atom is 0.277 e. The van der Waals surface area contributed by atoms with Crippen LogP contribution in [0, 0.1) is 0 Å². The van der Waals surface area contributed by atoms with Gasteiger partial charge in [-0.05, 0) is 31.2 Å². The number of thioether (sulfide) groups is 1. The summed E-state index contributed by atoms with van der Waals surface area (Å²) in [4.78, 5) is 0. The number of hydrogen-bond acceptors (Lipinski definition) is 4. The van der Waals surface area contributed by atoms with E-state index in [9.17, 15) is 0 Å². The van der Waals surface area contributed by atoms with Gasteiger partial charge in [0.05, 0.1) is 0 Å². The van der Waals surface area contributed by atoms with E-state index < -0.39 is 0 Å². The second-order valence-corrected chi connectivity index (χ2v) is 5.47. The number of aromatic nitrogens is 2. The van der Waals surface area contributed by atoms with Gasteiger partial charge in [-0.1, -0.05) is 39.8 Å². The van der Waals surface area contributed by atoms with Crippen LogP contribution in [0.15, 0.2) is 50.5 Å². The lowest BCUT2D eigenvalue weighted by atomic mass is 10.2. The van der Waals surface area contributed by atoms with E-state index in [1.165, 1.54) is 11.8 Å². The van der Waals surface area contributed by atoms with Crippen molar-refractivity contribution in [2.24, 2.45) is 0 Å². The molecule has 1 aromatic carbocycles. The Balaban J connectivity index is 2.12. The van der Waals surface area contributed by atoms with E-state index in [4.69, 9.17) is 4.42 Å². The van der Waals surface area contributed by atoms with Gasteiger partial charge in [-0.2, -0.15) is 0 Å². The Morgan fingerprint density at radius 3 is 2.71 bits per heavy atom. The molecule has 0 bridgehead atoms. The summed E-state index contributed by atoms with van der Waals surface area (Å²) in [7, 11) is 0. The lowest BCUT2D eigenvalue weighted by Crippen LogP contribution is -1.78. The van der Waals surface area contributed by atoms with E-state index in [1.54, 1.807) is 0 Å². The van der Waals surface area contributed by atoms with Crippen LogP contribution >= 0.6 is 27.7 Å². The Morgan fingerprint density at radius 1 is 1.35 bits per heavy atom. The Labute approximate surface area is 112 Å². The second-order valence-electron chi connectivity index (χ2n) is 3.63. The number of nitrogens with zero attached hydrogens (tertiary/aromatic N) is 2. The van der Waals surface area contributed by atoms with Gasteiger partial charge in [0.15, 0.2) is 0 Å². The molecule has 0 fully saturated rings. The molecule has 0 saturated carbocycles. The van der Waals surface area contributed by atoms with Gasteiger partial charge < -0.3 is 4.42 Å². The van der Waals surface area contributed by atoms with Crippen molar-refractivity contribution in [2.45, 2.75) is 12.1 Å².